The number of amides is 1. The molecule has 4 heterocycles. The van der Waals surface area contributed by atoms with Gasteiger partial charge in [0.25, 0.3) is 0 Å². The second-order valence-corrected chi connectivity index (χ2v) is 7.72. The fourth-order valence-corrected chi connectivity index (χ4v) is 4.44. The van der Waals surface area contributed by atoms with E-state index in [9.17, 15) is 14.4 Å². The van der Waals surface area contributed by atoms with Crippen LogP contribution < -0.4 is 4.90 Å². The molecule has 0 bridgehead atoms. The summed E-state index contributed by atoms with van der Waals surface area (Å²) < 4.78 is 14.8. The number of halogens is 1. The zero-order valence-corrected chi connectivity index (χ0v) is 15.3. The zero-order chi connectivity index (χ0) is 19.5. The first kappa shape index (κ1) is 16.9. The molecule has 5 rings (SSSR count). The Bertz CT molecular complexity index is 1130. The summed E-state index contributed by atoms with van der Waals surface area (Å²) in [6.45, 7) is 2.51. The molecule has 1 saturated carbocycles. The smallest absolute Gasteiger partial charge is 0.248 e. The van der Waals surface area contributed by atoms with E-state index < -0.39 is 11.4 Å². The number of anilines is 1. The quantitative estimate of drug-likeness (QED) is 0.657. The lowest BCUT2D eigenvalue weighted by Gasteiger charge is -2.23. The van der Waals surface area contributed by atoms with E-state index in [0.29, 0.717) is 6.54 Å². The van der Waals surface area contributed by atoms with Gasteiger partial charge in [-0.1, -0.05) is 6.92 Å². The topological polar surface area (TPSA) is 74.3 Å². The first-order valence-corrected chi connectivity index (χ1v) is 9.37. The number of nitrogens with zero attached hydrogens (tertiary/aromatic N) is 5. The van der Waals surface area contributed by atoms with Gasteiger partial charge in [-0.3, -0.25) is 4.79 Å². The van der Waals surface area contributed by atoms with Gasteiger partial charge in [0.05, 0.1) is 17.3 Å². The molecule has 1 amide bonds. The maximum atomic E-state index is 13.3. The predicted molar refractivity (Wildman–Crippen MR) is 101 cm³/mol. The molecule has 2 aliphatic rings. The van der Waals surface area contributed by atoms with Crippen LogP contribution in [0.25, 0.3) is 16.6 Å². The molecular formula is C21H18FN5O. The summed E-state index contributed by atoms with van der Waals surface area (Å²) >= 11 is 0. The monoisotopic (exact) mass is 375 g/mol. The van der Waals surface area contributed by atoms with Gasteiger partial charge in [0, 0.05) is 42.2 Å². The number of aromatic nitrogens is 3. The van der Waals surface area contributed by atoms with E-state index in [1.54, 1.807) is 21.7 Å². The molecule has 1 saturated heterocycles. The maximum Gasteiger partial charge on any atom is 0.248 e. The Morgan fingerprint density at radius 2 is 2.11 bits per heavy atom. The summed E-state index contributed by atoms with van der Waals surface area (Å²) in [4.78, 5) is 18.8. The number of carbonyl (C=O) groups excluding carboxylic acids is 1. The van der Waals surface area contributed by atoms with E-state index in [0.717, 1.165) is 35.2 Å². The molecule has 0 unspecified atom stereocenters. The van der Waals surface area contributed by atoms with Crippen molar-refractivity contribution in [3.63, 3.8) is 0 Å². The number of rotatable bonds is 3. The van der Waals surface area contributed by atoms with E-state index in [2.05, 4.69) is 16.2 Å². The minimum Gasteiger partial charge on any atom is -0.309 e. The van der Waals surface area contributed by atoms with Crippen LogP contribution in [0.15, 0.2) is 42.9 Å². The summed E-state index contributed by atoms with van der Waals surface area (Å²) in [5.41, 5.74) is 2.19. The van der Waals surface area contributed by atoms with Gasteiger partial charge in [0.1, 0.15) is 5.41 Å². The number of hydrogen-bond acceptors (Lipinski definition) is 4. The highest BCUT2D eigenvalue weighted by Crippen LogP contribution is 2.54. The van der Waals surface area contributed by atoms with Gasteiger partial charge in [0.2, 0.25) is 11.9 Å². The molecule has 3 aromatic rings. The van der Waals surface area contributed by atoms with Gasteiger partial charge < -0.3 is 4.90 Å². The molecule has 0 N–H and O–H groups in total. The fourth-order valence-electron chi connectivity index (χ4n) is 4.44. The van der Waals surface area contributed by atoms with Crippen molar-refractivity contribution in [2.45, 2.75) is 19.8 Å². The Balaban J connectivity index is 1.59. The number of fused-ring (bicyclic) bond motifs is 1. The Hall–Kier alpha value is -3.27. The Kier molecular flexibility index (Phi) is 3.53. The van der Waals surface area contributed by atoms with Crippen LogP contribution in [0.3, 0.4) is 0 Å². The number of nitriles is 1. The molecule has 2 fully saturated rings. The van der Waals surface area contributed by atoms with Crippen molar-refractivity contribution >= 4 is 17.1 Å². The molecule has 1 aliphatic carbocycles. The van der Waals surface area contributed by atoms with Crippen LogP contribution in [-0.4, -0.2) is 27.0 Å². The van der Waals surface area contributed by atoms with Crippen molar-refractivity contribution in [3.8, 4) is 17.2 Å². The first-order valence-electron chi connectivity index (χ1n) is 9.37. The molecule has 2 atom stereocenters. The minimum absolute atomic E-state index is 0.0264. The summed E-state index contributed by atoms with van der Waals surface area (Å²) in [6.07, 6.45) is 6.83. The van der Waals surface area contributed by atoms with Gasteiger partial charge in [-0.25, -0.2) is 9.50 Å². The van der Waals surface area contributed by atoms with E-state index in [1.165, 1.54) is 12.3 Å². The summed E-state index contributed by atoms with van der Waals surface area (Å²) in [6, 6.07) is 9.07. The third kappa shape index (κ3) is 2.27. The van der Waals surface area contributed by atoms with Crippen LogP contribution in [0.2, 0.25) is 0 Å². The van der Waals surface area contributed by atoms with Crippen molar-refractivity contribution in [2.75, 3.05) is 11.4 Å². The van der Waals surface area contributed by atoms with Crippen molar-refractivity contribution in [1.82, 2.24) is 14.6 Å². The van der Waals surface area contributed by atoms with Crippen LogP contribution in [0.5, 0.6) is 0 Å². The van der Waals surface area contributed by atoms with Crippen LogP contribution in [-0.2, 0) is 4.79 Å². The first-order chi connectivity index (χ1) is 13.5. The van der Waals surface area contributed by atoms with E-state index in [1.807, 2.05) is 25.3 Å². The molecule has 3 aromatic heterocycles. The Morgan fingerprint density at radius 1 is 1.29 bits per heavy atom. The van der Waals surface area contributed by atoms with Crippen LogP contribution >= 0.6 is 0 Å². The molecular weight excluding hydrogens is 357 g/mol. The molecule has 0 aromatic carbocycles. The lowest BCUT2D eigenvalue weighted by atomic mass is 9.75. The van der Waals surface area contributed by atoms with Crippen molar-refractivity contribution in [2.24, 2.45) is 17.3 Å². The van der Waals surface area contributed by atoms with Gasteiger partial charge in [-0.15, -0.1) is 0 Å². The standard InChI is InChI=1S/C21H18FN5O/c1-13-10-26(20(28)21(13,12-23)16-3-4-16)17-6-7-25-27-11-15(8-18(17)27)14-2-5-19(22)24-9-14/h2,5-9,11,13,16H,3-4,10H2,1H3/t13-,21+/m1/s1. The molecule has 0 spiro atoms. The SMILES string of the molecule is C[C@@H]1CN(c2ccnn3cc(-c4ccc(F)nc4)cc23)C(=O)[C@]1(C#N)C1CC1. The number of pyridine rings is 1. The zero-order valence-electron chi connectivity index (χ0n) is 15.3. The average Bonchev–Trinajstić information content (AvgIpc) is 3.39. The highest BCUT2D eigenvalue weighted by molar-refractivity contribution is 6.05. The van der Waals surface area contributed by atoms with E-state index in [-0.39, 0.29) is 17.7 Å². The molecule has 1 aliphatic heterocycles. The normalized spacial score (nSPS) is 24.7. The van der Waals surface area contributed by atoms with E-state index in [4.69, 9.17) is 0 Å². The van der Waals surface area contributed by atoms with Gasteiger partial charge in [-0.05, 0) is 43.0 Å². The molecule has 28 heavy (non-hydrogen) atoms. The Labute approximate surface area is 161 Å². The third-order valence-corrected chi connectivity index (χ3v) is 6.08. The number of carbonyl (C=O) groups is 1. The predicted octanol–water partition coefficient (Wildman–Crippen LogP) is 3.44. The van der Waals surface area contributed by atoms with Crippen LogP contribution in [0.1, 0.15) is 19.8 Å². The second-order valence-electron chi connectivity index (χ2n) is 7.72. The molecule has 7 heteroatoms. The van der Waals surface area contributed by atoms with Crippen LogP contribution in [0.4, 0.5) is 10.1 Å². The summed E-state index contributed by atoms with van der Waals surface area (Å²) in [5.74, 6) is -0.503. The molecule has 0 radical (unpaired) electrons. The van der Waals surface area contributed by atoms with Gasteiger partial charge in [0.15, 0.2) is 0 Å². The summed E-state index contributed by atoms with van der Waals surface area (Å²) in [7, 11) is 0. The second kappa shape index (κ2) is 5.86. The third-order valence-electron chi connectivity index (χ3n) is 6.08. The highest BCUT2D eigenvalue weighted by Gasteiger charge is 2.61. The largest absolute Gasteiger partial charge is 0.309 e. The maximum absolute atomic E-state index is 13.3. The lowest BCUT2D eigenvalue weighted by Crippen LogP contribution is -2.37. The highest BCUT2D eigenvalue weighted by atomic mass is 19.1. The van der Waals surface area contributed by atoms with Crippen LogP contribution in [0, 0.1) is 34.5 Å². The van der Waals surface area contributed by atoms with Crippen molar-refractivity contribution in [3.05, 3.63) is 48.8 Å². The number of hydrogen-bond donors (Lipinski definition) is 0. The van der Waals surface area contributed by atoms with Crippen molar-refractivity contribution < 1.29 is 9.18 Å². The lowest BCUT2D eigenvalue weighted by molar-refractivity contribution is -0.124. The molecule has 140 valence electrons. The van der Waals surface area contributed by atoms with E-state index >= 15 is 0 Å². The average molecular weight is 375 g/mol. The van der Waals surface area contributed by atoms with Crippen molar-refractivity contribution in [1.29, 1.82) is 5.26 Å². The van der Waals surface area contributed by atoms with Gasteiger partial charge >= 0.3 is 0 Å². The fraction of sp³-hybridized carbons (Fsp3) is 0.333. The Morgan fingerprint density at radius 3 is 2.79 bits per heavy atom. The minimum atomic E-state index is -0.920. The summed E-state index contributed by atoms with van der Waals surface area (Å²) in [5, 5.41) is 14.2. The van der Waals surface area contributed by atoms with Gasteiger partial charge in [-0.2, -0.15) is 14.8 Å². The molecule has 6 nitrogen and oxygen atoms in total.